The molecular formula is C16H21N3O3S. The molecule has 2 heterocycles. The van der Waals surface area contributed by atoms with Crippen LogP contribution in [0.3, 0.4) is 0 Å². The van der Waals surface area contributed by atoms with Gasteiger partial charge in [-0.25, -0.2) is 5.01 Å². The molecule has 2 aliphatic heterocycles. The molecule has 0 spiro atoms. The van der Waals surface area contributed by atoms with Crippen molar-refractivity contribution in [1.29, 1.82) is 0 Å². The number of rotatable bonds is 3. The first-order valence-corrected chi connectivity index (χ1v) is 8.80. The number of amides is 2. The number of nitrogens with zero attached hydrogens (tertiary/aromatic N) is 2. The van der Waals surface area contributed by atoms with Gasteiger partial charge in [-0.05, 0) is 5.56 Å². The van der Waals surface area contributed by atoms with Gasteiger partial charge in [-0.2, -0.15) is 0 Å². The minimum atomic E-state index is -0.439. The molecule has 1 aromatic carbocycles. The van der Waals surface area contributed by atoms with Gasteiger partial charge >= 0.3 is 0 Å². The van der Waals surface area contributed by atoms with Gasteiger partial charge in [0.05, 0.1) is 13.2 Å². The quantitative estimate of drug-likeness (QED) is 0.893. The van der Waals surface area contributed by atoms with Crippen molar-refractivity contribution in [2.24, 2.45) is 0 Å². The summed E-state index contributed by atoms with van der Waals surface area (Å²) in [6, 6.07) is 9.41. The third-order valence-electron chi connectivity index (χ3n) is 4.03. The zero-order chi connectivity index (χ0) is 16.2. The Bertz CT molecular complexity index is 563. The van der Waals surface area contributed by atoms with E-state index in [4.69, 9.17) is 4.74 Å². The van der Waals surface area contributed by atoms with E-state index in [0.717, 1.165) is 5.56 Å². The van der Waals surface area contributed by atoms with E-state index >= 15 is 0 Å². The molecule has 7 heteroatoms. The molecule has 0 aromatic heterocycles. The number of carbonyl (C=O) groups is 2. The van der Waals surface area contributed by atoms with Crippen LogP contribution in [0, 0.1) is 0 Å². The number of benzene rings is 1. The van der Waals surface area contributed by atoms with Gasteiger partial charge in [0.15, 0.2) is 0 Å². The first-order chi connectivity index (χ1) is 11.2. The molecule has 2 aliphatic rings. The number of ether oxygens (including phenoxy) is 1. The minimum Gasteiger partial charge on any atom is -0.379 e. The Kier molecular flexibility index (Phi) is 5.20. The van der Waals surface area contributed by atoms with Crippen molar-refractivity contribution in [3.63, 3.8) is 0 Å². The lowest BCUT2D eigenvalue weighted by Gasteiger charge is -2.31. The van der Waals surface area contributed by atoms with E-state index in [2.05, 4.69) is 5.43 Å². The second-order valence-electron chi connectivity index (χ2n) is 5.61. The smallest absolute Gasteiger partial charge is 0.257 e. The molecular weight excluding hydrogens is 314 g/mol. The van der Waals surface area contributed by atoms with Crippen LogP contribution in [0.25, 0.3) is 0 Å². The highest BCUT2D eigenvalue weighted by Gasteiger charge is 2.41. The summed E-state index contributed by atoms with van der Waals surface area (Å²) in [6.45, 7) is 4.10. The van der Waals surface area contributed by atoms with Crippen LogP contribution in [0.4, 0.5) is 0 Å². The molecule has 0 aliphatic carbocycles. The number of hydrogen-bond acceptors (Lipinski definition) is 5. The standard InChI is InChI=1S/C16H21N3O3S/c1-12(20)19-14(15(21)17-18-7-9-22-10-8-18)11-23-16(19)13-5-3-2-4-6-13/h2-6,14,16H,7-11H2,1H3,(H,17,21)/t14-,16-/m0/s1. The fourth-order valence-electron chi connectivity index (χ4n) is 2.87. The van der Waals surface area contributed by atoms with Crippen LogP contribution in [-0.4, -0.2) is 59.8 Å². The molecule has 23 heavy (non-hydrogen) atoms. The van der Waals surface area contributed by atoms with E-state index in [0.29, 0.717) is 32.1 Å². The molecule has 124 valence electrons. The van der Waals surface area contributed by atoms with Crippen LogP contribution >= 0.6 is 11.8 Å². The zero-order valence-electron chi connectivity index (χ0n) is 13.1. The highest BCUT2D eigenvalue weighted by molar-refractivity contribution is 7.99. The maximum atomic E-state index is 12.6. The number of hydrogen-bond donors (Lipinski definition) is 1. The molecule has 2 amide bonds. The summed E-state index contributed by atoms with van der Waals surface area (Å²) >= 11 is 1.63. The van der Waals surface area contributed by atoms with Gasteiger partial charge in [-0.15, -0.1) is 11.8 Å². The van der Waals surface area contributed by atoms with Crippen LogP contribution in [0.5, 0.6) is 0 Å². The van der Waals surface area contributed by atoms with Gasteiger partial charge in [0.25, 0.3) is 5.91 Å². The molecule has 0 unspecified atom stereocenters. The van der Waals surface area contributed by atoms with Crippen molar-refractivity contribution < 1.29 is 14.3 Å². The Morgan fingerprint density at radius 2 is 1.91 bits per heavy atom. The van der Waals surface area contributed by atoms with Crippen molar-refractivity contribution >= 4 is 23.6 Å². The van der Waals surface area contributed by atoms with Gasteiger partial charge < -0.3 is 9.64 Å². The summed E-state index contributed by atoms with van der Waals surface area (Å²) in [6.07, 6.45) is 0. The highest BCUT2D eigenvalue weighted by atomic mass is 32.2. The predicted octanol–water partition coefficient (Wildman–Crippen LogP) is 1.01. The molecule has 3 rings (SSSR count). The first kappa shape index (κ1) is 16.3. The molecule has 1 N–H and O–H groups in total. The van der Waals surface area contributed by atoms with Gasteiger partial charge in [0.2, 0.25) is 5.91 Å². The lowest BCUT2D eigenvalue weighted by Crippen LogP contribution is -2.55. The number of morpholine rings is 1. The average molecular weight is 335 g/mol. The van der Waals surface area contributed by atoms with Crippen molar-refractivity contribution in [1.82, 2.24) is 15.3 Å². The summed E-state index contributed by atoms with van der Waals surface area (Å²) in [7, 11) is 0. The molecule has 0 saturated carbocycles. The van der Waals surface area contributed by atoms with Crippen molar-refractivity contribution in [3.8, 4) is 0 Å². The van der Waals surface area contributed by atoms with E-state index < -0.39 is 6.04 Å². The topological polar surface area (TPSA) is 61.9 Å². The first-order valence-electron chi connectivity index (χ1n) is 7.75. The third kappa shape index (κ3) is 3.68. The van der Waals surface area contributed by atoms with Crippen molar-refractivity contribution in [3.05, 3.63) is 35.9 Å². The van der Waals surface area contributed by atoms with E-state index in [1.165, 1.54) is 6.92 Å². The van der Waals surface area contributed by atoms with Gasteiger partial charge in [0.1, 0.15) is 11.4 Å². The lowest BCUT2D eigenvalue weighted by atomic mass is 10.1. The van der Waals surface area contributed by atoms with E-state index in [1.807, 2.05) is 35.3 Å². The summed E-state index contributed by atoms with van der Waals surface area (Å²) in [4.78, 5) is 26.4. The fourth-order valence-corrected chi connectivity index (χ4v) is 4.36. The van der Waals surface area contributed by atoms with E-state index in [-0.39, 0.29) is 17.2 Å². The monoisotopic (exact) mass is 335 g/mol. The Morgan fingerprint density at radius 1 is 1.22 bits per heavy atom. The molecule has 2 atom stereocenters. The summed E-state index contributed by atoms with van der Waals surface area (Å²) in [5, 5.41) is 1.76. The molecule has 2 fully saturated rings. The number of hydrazine groups is 1. The van der Waals surface area contributed by atoms with Crippen LogP contribution in [0.15, 0.2) is 30.3 Å². The van der Waals surface area contributed by atoms with E-state index in [1.54, 1.807) is 16.7 Å². The largest absolute Gasteiger partial charge is 0.379 e. The summed E-state index contributed by atoms with van der Waals surface area (Å²) in [5.74, 6) is 0.411. The molecule has 2 saturated heterocycles. The second-order valence-corrected chi connectivity index (χ2v) is 6.73. The molecule has 0 radical (unpaired) electrons. The van der Waals surface area contributed by atoms with E-state index in [9.17, 15) is 9.59 Å². The molecule has 1 aromatic rings. The summed E-state index contributed by atoms with van der Waals surface area (Å²) in [5.41, 5.74) is 3.98. The third-order valence-corrected chi connectivity index (χ3v) is 5.35. The zero-order valence-corrected chi connectivity index (χ0v) is 13.9. The van der Waals surface area contributed by atoms with Crippen molar-refractivity contribution in [2.45, 2.75) is 18.3 Å². The Labute approximate surface area is 140 Å². The maximum Gasteiger partial charge on any atom is 0.257 e. The van der Waals surface area contributed by atoms with Gasteiger partial charge in [0, 0.05) is 25.8 Å². The average Bonchev–Trinajstić information content (AvgIpc) is 3.02. The van der Waals surface area contributed by atoms with Crippen LogP contribution in [0.1, 0.15) is 17.9 Å². The molecule has 0 bridgehead atoms. The maximum absolute atomic E-state index is 12.6. The Balaban J connectivity index is 1.71. The Hall–Kier alpha value is -1.57. The minimum absolute atomic E-state index is 0.0778. The Morgan fingerprint density at radius 3 is 2.57 bits per heavy atom. The number of carbonyl (C=O) groups excluding carboxylic acids is 2. The fraction of sp³-hybridized carbons (Fsp3) is 0.500. The van der Waals surface area contributed by atoms with Crippen LogP contribution in [-0.2, 0) is 14.3 Å². The normalized spacial score (nSPS) is 25.3. The summed E-state index contributed by atoms with van der Waals surface area (Å²) < 4.78 is 5.28. The number of nitrogens with one attached hydrogen (secondary N) is 1. The lowest BCUT2D eigenvalue weighted by molar-refractivity contribution is -0.141. The molecule has 6 nitrogen and oxygen atoms in total. The SMILES string of the molecule is CC(=O)N1[C@H](C(=O)NN2CCOCC2)CS[C@H]1c1ccccc1. The predicted molar refractivity (Wildman–Crippen MR) is 88.5 cm³/mol. The number of thioether (sulfide) groups is 1. The second kappa shape index (κ2) is 7.33. The van der Waals surface area contributed by atoms with Crippen LogP contribution in [0.2, 0.25) is 0 Å². The van der Waals surface area contributed by atoms with Gasteiger partial charge in [-0.1, -0.05) is 30.3 Å². The van der Waals surface area contributed by atoms with Crippen LogP contribution < -0.4 is 5.43 Å². The highest BCUT2D eigenvalue weighted by Crippen LogP contribution is 2.41. The van der Waals surface area contributed by atoms with Crippen molar-refractivity contribution in [2.75, 3.05) is 32.1 Å². The van der Waals surface area contributed by atoms with Gasteiger partial charge in [-0.3, -0.25) is 15.0 Å².